The lowest BCUT2D eigenvalue weighted by atomic mass is 10.0. The summed E-state index contributed by atoms with van der Waals surface area (Å²) in [5, 5.41) is 13.8. The largest absolute Gasteiger partial charge is 0.348 e. The molecule has 0 heterocycles. The van der Waals surface area contributed by atoms with E-state index in [0.717, 1.165) is 28.6 Å². The van der Waals surface area contributed by atoms with Gasteiger partial charge in [0.25, 0.3) is 5.69 Å². The van der Waals surface area contributed by atoms with Crippen molar-refractivity contribution in [3.63, 3.8) is 0 Å². The minimum atomic E-state index is -3.86. The zero-order valence-electron chi connectivity index (χ0n) is 16.8. The fourth-order valence-corrected chi connectivity index (χ4v) is 4.18. The van der Waals surface area contributed by atoms with Crippen LogP contribution in [-0.4, -0.2) is 31.5 Å². The predicted molar refractivity (Wildman–Crippen MR) is 112 cm³/mol. The second-order valence-electron chi connectivity index (χ2n) is 6.84. The van der Waals surface area contributed by atoms with Crippen LogP contribution in [0.15, 0.2) is 48.5 Å². The number of nitro benzene ring substituents is 1. The van der Waals surface area contributed by atoms with Crippen LogP contribution in [0.25, 0.3) is 0 Å². The van der Waals surface area contributed by atoms with Crippen molar-refractivity contribution in [3.8, 4) is 0 Å². The van der Waals surface area contributed by atoms with E-state index in [4.69, 9.17) is 0 Å². The van der Waals surface area contributed by atoms with E-state index in [0.29, 0.717) is 0 Å². The van der Waals surface area contributed by atoms with Crippen molar-refractivity contribution in [3.05, 3.63) is 69.8 Å². The maximum absolute atomic E-state index is 12.8. The summed E-state index contributed by atoms with van der Waals surface area (Å²) in [5.41, 5.74) is 1.87. The number of rotatable bonds is 8. The fraction of sp³-hybridized carbons (Fsp3) is 0.350. The first-order valence-corrected chi connectivity index (χ1v) is 11.0. The second-order valence-corrected chi connectivity index (χ2v) is 8.70. The normalized spacial score (nSPS) is 13.4. The van der Waals surface area contributed by atoms with Crippen LogP contribution in [0.4, 0.5) is 11.4 Å². The SMILES string of the molecule is CCc1ccc([C@@H](C)NC(=O)[C@@H](C)N(c2cccc([N+](=O)[O-])c2)S(C)(=O)=O)cc1. The van der Waals surface area contributed by atoms with Crippen molar-refractivity contribution < 1.29 is 18.1 Å². The summed E-state index contributed by atoms with van der Waals surface area (Å²) < 4.78 is 25.6. The third kappa shape index (κ3) is 5.54. The molecule has 0 aliphatic rings. The first-order valence-electron chi connectivity index (χ1n) is 9.17. The molecule has 2 rings (SSSR count). The van der Waals surface area contributed by atoms with E-state index in [9.17, 15) is 23.3 Å². The highest BCUT2D eigenvalue weighted by Crippen LogP contribution is 2.25. The van der Waals surface area contributed by atoms with E-state index >= 15 is 0 Å². The highest BCUT2D eigenvalue weighted by molar-refractivity contribution is 7.92. The van der Waals surface area contributed by atoms with Gasteiger partial charge in [-0.2, -0.15) is 0 Å². The average molecular weight is 420 g/mol. The Bertz CT molecular complexity index is 989. The Kier molecular flexibility index (Phi) is 6.97. The lowest BCUT2D eigenvalue weighted by Crippen LogP contribution is -2.48. The summed E-state index contributed by atoms with van der Waals surface area (Å²) in [6.07, 6.45) is 1.87. The number of non-ortho nitro benzene ring substituents is 1. The van der Waals surface area contributed by atoms with Gasteiger partial charge in [-0.15, -0.1) is 0 Å². The van der Waals surface area contributed by atoms with Gasteiger partial charge < -0.3 is 5.32 Å². The highest BCUT2D eigenvalue weighted by atomic mass is 32.2. The summed E-state index contributed by atoms with van der Waals surface area (Å²) in [5.74, 6) is -0.506. The molecule has 0 unspecified atom stereocenters. The number of aryl methyl sites for hydroxylation is 1. The van der Waals surface area contributed by atoms with Crippen molar-refractivity contribution in [2.75, 3.05) is 10.6 Å². The zero-order valence-corrected chi connectivity index (χ0v) is 17.6. The van der Waals surface area contributed by atoms with Gasteiger partial charge in [-0.05, 0) is 37.5 Å². The number of nitrogens with one attached hydrogen (secondary N) is 1. The molecular formula is C20H25N3O5S. The molecule has 8 nitrogen and oxygen atoms in total. The number of nitro groups is 1. The summed E-state index contributed by atoms with van der Waals surface area (Å²) in [6, 6.07) is 11.6. The third-order valence-electron chi connectivity index (χ3n) is 4.63. The number of hydrogen-bond donors (Lipinski definition) is 1. The molecule has 0 aliphatic heterocycles. The zero-order chi connectivity index (χ0) is 21.8. The van der Waals surface area contributed by atoms with E-state index in [1.807, 2.05) is 31.2 Å². The standard InChI is InChI=1S/C20H25N3O5S/c1-5-16-9-11-17(12-10-16)14(2)21-20(24)15(3)22(29(4,27)28)18-7-6-8-19(13-18)23(25)26/h6-15H,5H2,1-4H3,(H,21,24)/t14-,15-/m1/s1. The van der Waals surface area contributed by atoms with Crippen LogP contribution in [0.3, 0.4) is 0 Å². The lowest BCUT2D eigenvalue weighted by molar-refractivity contribution is -0.384. The van der Waals surface area contributed by atoms with E-state index in [1.165, 1.54) is 30.7 Å². The van der Waals surface area contributed by atoms with Crippen LogP contribution in [0.5, 0.6) is 0 Å². The van der Waals surface area contributed by atoms with Gasteiger partial charge in [0, 0.05) is 12.1 Å². The molecule has 0 aliphatic carbocycles. The smallest absolute Gasteiger partial charge is 0.271 e. The molecule has 0 aromatic heterocycles. The molecule has 0 bridgehead atoms. The maximum atomic E-state index is 12.8. The monoisotopic (exact) mass is 419 g/mol. The molecular weight excluding hydrogens is 394 g/mol. The Morgan fingerprint density at radius 3 is 2.31 bits per heavy atom. The van der Waals surface area contributed by atoms with Crippen LogP contribution in [0.1, 0.15) is 37.9 Å². The second kappa shape index (κ2) is 9.04. The van der Waals surface area contributed by atoms with Crippen LogP contribution in [-0.2, 0) is 21.2 Å². The molecule has 1 N–H and O–H groups in total. The van der Waals surface area contributed by atoms with E-state index in [1.54, 1.807) is 0 Å². The highest BCUT2D eigenvalue weighted by Gasteiger charge is 2.30. The molecule has 0 spiro atoms. The molecule has 0 radical (unpaired) electrons. The number of sulfonamides is 1. The topological polar surface area (TPSA) is 110 Å². The van der Waals surface area contributed by atoms with Gasteiger partial charge in [-0.1, -0.05) is 37.3 Å². The van der Waals surface area contributed by atoms with Gasteiger partial charge in [-0.25, -0.2) is 8.42 Å². The fourth-order valence-electron chi connectivity index (χ4n) is 3.01. The van der Waals surface area contributed by atoms with Crippen molar-refractivity contribution in [2.24, 2.45) is 0 Å². The average Bonchev–Trinajstić information content (AvgIpc) is 2.67. The van der Waals surface area contributed by atoms with Gasteiger partial charge in [0.2, 0.25) is 15.9 Å². The molecule has 0 saturated heterocycles. The summed E-state index contributed by atoms with van der Waals surface area (Å²) in [7, 11) is -3.86. The minimum Gasteiger partial charge on any atom is -0.348 e. The molecule has 156 valence electrons. The van der Waals surface area contributed by atoms with Crippen LogP contribution >= 0.6 is 0 Å². The molecule has 9 heteroatoms. The molecule has 0 fully saturated rings. The van der Waals surface area contributed by atoms with Gasteiger partial charge in [-0.3, -0.25) is 19.2 Å². The van der Waals surface area contributed by atoms with Crippen molar-refractivity contribution in [1.82, 2.24) is 5.32 Å². The third-order valence-corrected chi connectivity index (χ3v) is 5.87. The maximum Gasteiger partial charge on any atom is 0.271 e. The van der Waals surface area contributed by atoms with Gasteiger partial charge >= 0.3 is 0 Å². The van der Waals surface area contributed by atoms with Crippen molar-refractivity contribution >= 4 is 27.3 Å². The van der Waals surface area contributed by atoms with Crippen LogP contribution < -0.4 is 9.62 Å². The van der Waals surface area contributed by atoms with Crippen LogP contribution in [0, 0.1) is 10.1 Å². The Morgan fingerprint density at radius 1 is 1.17 bits per heavy atom. The number of hydrogen-bond acceptors (Lipinski definition) is 5. The summed E-state index contributed by atoms with van der Waals surface area (Å²) in [4.78, 5) is 23.2. The molecule has 2 aromatic rings. The number of carbonyl (C=O) groups is 1. The molecule has 2 aromatic carbocycles. The predicted octanol–water partition coefficient (Wildman–Crippen LogP) is 3.19. The van der Waals surface area contributed by atoms with E-state index < -0.39 is 26.9 Å². The first-order chi connectivity index (χ1) is 13.5. The minimum absolute atomic E-state index is 0.0595. The Hall–Kier alpha value is -2.94. The first kappa shape index (κ1) is 22.4. The number of carbonyl (C=O) groups excluding carboxylic acids is 1. The summed E-state index contributed by atoms with van der Waals surface area (Å²) in [6.45, 7) is 5.31. The molecule has 1 amide bonds. The van der Waals surface area contributed by atoms with Gasteiger partial charge in [0.15, 0.2) is 0 Å². The van der Waals surface area contributed by atoms with Crippen LogP contribution in [0.2, 0.25) is 0 Å². The molecule has 2 atom stereocenters. The van der Waals surface area contributed by atoms with Gasteiger partial charge in [0.05, 0.1) is 22.9 Å². The molecule has 0 saturated carbocycles. The number of amides is 1. The number of nitrogens with zero attached hydrogens (tertiary/aromatic N) is 2. The number of benzene rings is 2. The Morgan fingerprint density at radius 2 is 1.79 bits per heavy atom. The Balaban J connectivity index is 2.26. The molecule has 29 heavy (non-hydrogen) atoms. The van der Waals surface area contributed by atoms with Crippen molar-refractivity contribution in [1.29, 1.82) is 0 Å². The quantitative estimate of drug-likeness (QED) is 0.522. The lowest BCUT2D eigenvalue weighted by Gasteiger charge is -2.29. The van der Waals surface area contributed by atoms with E-state index in [-0.39, 0.29) is 17.4 Å². The Labute approximate surface area is 170 Å². The number of anilines is 1. The summed E-state index contributed by atoms with van der Waals surface area (Å²) >= 11 is 0. The van der Waals surface area contributed by atoms with E-state index in [2.05, 4.69) is 12.2 Å². The van der Waals surface area contributed by atoms with Gasteiger partial charge in [0.1, 0.15) is 6.04 Å². The van der Waals surface area contributed by atoms with Crippen molar-refractivity contribution in [2.45, 2.75) is 39.3 Å².